The first-order chi connectivity index (χ1) is 5.08. The minimum absolute atomic E-state index is 0.00694. The van der Waals surface area contributed by atoms with E-state index in [0.29, 0.717) is 6.42 Å². The van der Waals surface area contributed by atoms with Crippen LogP contribution >= 0.6 is 0 Å². The summed E-state index contributed by atoms with van der Waals surface area (Å²) in [5.41, 5.74) is -0.0557. The second-order valence-electron chi connectivity index (χ2n) is 3.62. The van der Waals surface area contributed by atoms with Gasteiger partial charge < -0.3 is 5.11 Å². The molecular formula is C9H14O2. The van der Waals surface area contributed by atoms with Gasteiger partial charge in [-0.1, -0.05) is 19.9 Å². The van der Waals surface area contributed by atoms with Gasteiger partial charge in [-0.25, -0.2) is 0 Å². The lowest BCUT2D eigenvalue weighted by Gasteiger charge is -2.23. The number of aliphatic hydroxyl groups is 1. The minimum atomic E-state index is -0.0557. The summed E-state index contributed by atoms with van der Waals surface area (Å²) in [7, 11) is 0. The monoisotopic (exact) mass is 154 g/mol. The van der Waals surface area contributed by atoms with Crippen LogP contribution in [0.25, 0.3) is 0 Å². The van der Waals surface area contributed by atoms with Crippen molar-refractivity contribution >= 4 is 5.78 Å². The second kappa shape index (κ2) is 2.78. The zero-order valence-electron chi connectivity index (χ0n) is 7.00. The maximum Gasteiger partial charge on any atom is 0.159 e. The predicted molar refractivity (Wildman–Crippen MR) is 43.1 cm³/mol. The lowest BCUT2D eigenvalue weighted by atomic mass is 9.80. The Morgan fingerprint density at radius 3 is 2.64 bits per heavy atom. The summed E-state index contributed by atoms with van der Waals surface area (Å²) >= 11 is 0. The summed E-state index contributed by atoms with van der Waals surface area (Å²) in [5, 5.41) is 8.70. The van der Waals surface area contributed by atoms with E-state index in [-0.39, 0.29) is 23.7 Å². The van der Waals surface area contributed by atoms with Crippen LogP contribution in [0.4, 0.5) is 0 Å². The van der Waals surface area contributed by atoms with E-state index in [1.807, 2.05) is 19.9 Å². The van der Waals surface area contributed by atoms with Crippen LogP contribution in [0.5, 0.6) is 0 Å². The molecule has 62 valence electrons. The standard InChI is InChI=1S/C9H14O2/c1-9(2)5-3-8(11)7(9)4-6-10/h3,5,7,10H,4,6H2,1-2H3. The number of carbonyl (C=O) groups is 1. The summed E-state index contributed by atoms with van der Waals surface area (Å²) in [4.78, 5) is 11.2. The van der Waals surface area contributed by atoms with E-state index >= 15 is 0 Å². The number of carbonyl (C=O) groups excluding carboxylic acids is 1. The molecule has 0 saturated heterocycles. The third kappa shape index (κ3) is 1.51. The smallest absolute Gasteiger partial charge is 0.159 e. The average Bonchev–Trinajstić information content (AvgIpc) is 2.16. The van der Waals surface area contributed by atoms with Gasteiger partial charge in [-0.05, 0) is 17.9 Å². The van der Waals surface area contributed by atoms with E-state index in [9.17, 15) is 4.79 Å². The molecule has 1 aliphatic carbocycles. The molecule has 0 bridgehead atoms. The highest BCUT2D eigenvalue weighted by Gasteiger charge is 2.35. The first-order valence-electron chi connectivity index (χ1n) is 3.92. The molecule has 1 unspecified atom stereocenters. The number of hydrogen-bond donors (Lipinski definition) is 1. The van der Waals surface area contributed by atoms with Gasteiger partial charge in [0.05, 0.1) is 0 Å². The molecular weight excluding hydrogens is 140 g/mol. The summed E-state index contributed by atoms with van der Waals surface area (Å²) in [6, 6.07) is 0. The fourth-order valence-corrected chi connectivity index (χ4v) is 1.54. The molecule has 0 heterocycles. The van der Waals surface area contributed by atoms with Gasteiger partial charge >= 0.3 is 0 Å². The SMILES string of the molecule is CC1(C)C=CC(=O)C1CCO. The molecule has 1 atom stereocenters. The van der Waals surface area contributed by atoms with Crippen LogP contribution in [0.15, 0.2) is 12.2 Å². The molecule has 0 amide bonds. The van der Waals surface area contributed by atoms with Gasteiger partial charge in [-0.15, -0.1) is 0 Å². The van der Waals surface area contributed by atoms with Gasteiger partial charge in [-0.3, -0.25) is 4.79 Å². The molecule has 0 fully saturated rings. The van der Waals surface area contributed by atoms with Crippen LogP contribution in [0.3, 0.4) is 0 Å². The Balaban J connectivity index is 2.70. The van der Waals surface area contributed by atoms with Crippen molar-refractivity contribution in [2.75, 3.05) is 6.61 Å². The van der Waals surface area contributed by atoms with Crippen molar-refractivity contribution in [3.63, 3.8) is 0 Å². The Hall–Kier alpha value is -0.630. The van der Waals surface area contributed by atoms with Crippen molar-refractivity contribution in [3.8, 4) is 0 Å². The third-order valence-corrected chi connectivity index (χ3v) is 2.34. The van der Waals surface area contributed by atoms with Crippen molar-refractivity contribution in [1.82, 2.24) is 0 Å². The van der Waals surface area contributed by atoms with Gasteiger partial charge in [0, 0.05) is 12.5 Å². The summed E-state index contributed by atoms with van der Waals surface area (Å²) < 4.78 is 0. The first-order valence-corrected chi connectivity index (χ1v) is 3.92. The lowest BCUT2D eigenvalue weighted by Crippen LogP contribution is -2.24. The van der Waals surface area contributed by atoms with Crippen LogP contribution in [0, 0.1) is 11.3 Å². The molecule has 11 heavy (non-hydrogen) atoms. The van der Waals surface area contributed by atoms with Gasteiger partial charge in [0.15, 0.2) is 5.78 Å². The molecule has 2 heteroatoms. The molecule has 0 spiro atoms. The minimum Gasteiger partial charge on any atom is -0.396 e. The number of rotatable bonds is 2. The van der Waals surface area contributed by atoms with Crippen LogP contribution in [-0.2, 0) is 4.79 Å². The van der Waals surface area contributed by atoms with Gasteiger partial charge in [-0.2, -0.15) is 0 Å². The molecule has 0 aromatic heterocycles. The maximum atomic E-state index is 11.2. The fraction of sp³-hybridized carbons (Fsp3) is 0.667. The van der Waals surface area contributed by atoms with Crippen molar-refractivity contribution in [2.45, 2.75) is 20.3 Å². The lowest BCUT2D eigenvalue weighted by molar-refractivity contribution is -0.119. The zero-order chi connectivity index (χ0) is 8.48. The van der Waals surface area contributed by atoms with Crippen molar-refractivity contribution < 1.29 is 9.90 Å². The molecule has 0 aromatic rings. The molecule has 1 N–H and O–H groups in total. The molecule has 2 nitrogen and oxygen atoms in total. The van der Waals surface area contributed by atoms with E-state index < -0.39 is 0 Å². The summed E-state index contributed by atoms with van der Waals surface area (Å²) in [6.07, 6.45) is 4.13. The maximum absolute atomic E-state index is 11.2. The largest absolute Gasteiger partial charge is 0.396 e. The van der Waals surface area contributed by atoms with Crippen molar-refractivity contribution in [1.29, 1.82) is 0 Å². The van der Waals surface area contributed by atoms with Gasteiger partial charge in [0.1, 0.15) is 0 Å². The molecule has 0 aromatic carbocycles. The number of hydrogen-bond acceptors (Lipinski definition) is 2. The Morgan fingerprint density at radius 2 is 2.27 bits per heavy atom. The van der Waals surface area contributed by atoms with Crippen molar-refractivity contribution in [3.05, 3.63) is 12.2 Å². The Bertz CT molecular complexity index is 192. The van der Waals surface area contributed by atoms with Gasteiger partial charge in [0.2, 0.25) is 0 Å². The van der Waals surface area contributed by atoms with Crippen LogP contribution in [0.2, 0.25) is 0 Å². The second-order valence-corrected chi connectivity index (χ2v) is 3.62. The molecule has 1 aliphatic rings. The third-order valence-electron chi connectivity index (χ3n) is 2.34. The van der Waals surface area contributed by atoms with E-state index in [0.717, 1.165) is 0 Å². The van der Waals surface area contributed by atoms with E-state index in [1.54, 1.807) is 6.08 Å². The fourth-order valence-electron chi connectivity index (χ4n) is 1.54. The van der Waals surface area contributed by atoms with E-state index in [2.05, 4.69) is 0 Å². The Morgan fingerprint density at radius 1 is 1.64 bits per heavy atom. The zero-order valence-corrected chi connectivity index (χ0v) is 7.00. The van der Waals surface area contributed by atoms with Crippen LogP contribution in [0.1, 0.15) is 20.3 Å². The highest BCUT2D eigenvalue weighted by atomic mass is 16.3. The Labute approximate surface area is 66.9 Å². The molecule has 0 saturated carbocycles. The average molecular weight is 154 g/mol. The normalized spacial score (nSPS) is 27.9. The number of ketones is 1. The first kappa shape index (κ1) is 8.47. The number of aliphatic hydroxyl groups excluding tert-OH is 1. The highest BCUT2D eigenvalue weighted by Crippen LogP contribution is 2.36. The topological polar surface area (TPSA) is 37.3 Å². The molecule has 1 rings (SSSR count). The predicted octanol–water partition coefficient (Wildman–Crippen LogP) is 1.15. The van der Waals surface area contributed by atoms with E-state index in [1.165, 1.54) is 0 Å². The van der Waals surface area contributed by atoms with Gasteiger partial charge in [0.25, 0.3) is 0 Å². The highest BCUT2D eigenvalue weighted by molar-refractivity contribution is 5.95. The van der Waals surface area contributed by atoms with Crippen LogP contribution in [-0.4, -0.2) is 17.5 Å². The van der Waals surface area contributed by atoms with Crippen molar-refractivity contribution in [2.24, 2.45) is 11.3 Å². The molecule has 0 radical (unpaired) electrons. The summed E-state index contributed by atoms with van der Waals surface area (Å²) in [5.74, 6) is 0.150. The quantitative estimate of drug-likeness (QED) is 0.647. The van der Waals surface area contributed by atoms with E-state index in [4.69, 9.17) is 5.11 Å². The molecule has 0 aliphatic heterocycles. The van der Waals surface area contributed by atoms with Crippen LogP contribution < -0.4 is 0 Å². The Kier molecular flexibility index (Phi) is 2.14. The summed E-state index contributed by atoms with van der Waals surface area (Å²) in [6.45, 7) is 4.14. The number of allylic oxidation sites excluding steroid dienone is 2.